The van der Waals surface area contributed by atoms with Gasteiger partial charge in [-0.15, -0.1) is 0 Å². The highest BCUT2D eigenvalue weighted by Gasteiger charge is 2.28. The van der Waals surface area contributed by atoms with Crippen molar-refractivity contribution in [2.45, 2.75) is 5.92 Å². The molecule has 0 atom stereocenters. The van der Waals surface area contributed by atoms with Crippen LogP contribution in [0.3, 0.4) is 0 Å². The van der Waals surface area contributed by atoms with E-state index in [-0.39, 0.29) is 5.92 Å². The number of rotatable bonds is 5. The largest absolute Gasteiger partial charge is 0.449 e. The van der Waals surface area contributed by atoms with Gasteiger partial charge >= 0.3 is 6.09 Å². The molecule has 1 heterocycles. The first-order valence-corrected chi connectivity index (χ1v) is 9.18. The maximum Gasteiger partial charge on any atom is 0.407 e. The van der Waals surface area contributed by atoms with Crippen LogP contribution in [0.2, 0.25) is 0 Å². The van der Waals surface area contributed by atoms with Crippen LogP contribution in [-0.4, -0.2) is 24.2 Å². The van der Waals surface area contributed by atoms with E-state index in [1.165, 1.54) is 22.3 Å². The molecule has 2 aromatic carbocycles. The highest BCUT2D eigenvalue weighted by atomic mass is 16.5. The van der Waals surface area contributed by atoms with Gasteiger partial charge in [0.25, 0.3) is 0 Å². The van der Waals surface area contributed by atoms with Crippen molar-refractivity contribution in [2.75, 3.05) is 18.9 Å². The number of nitrogens with one attached hydrogen (secondary N) is 1. The van der Waals surface area contributed by atoms with Crippen molar-refractivity contribution < 1.29 is 9.53 Å². The summed E-state index contributed by atoms with van der Waals surface area (Å²) in [6.07, 6.45) is 6.55. The minimum absolute atomic E-state index is 0.0621. The first-order valence-electron chi connectivity index (χ1n) is 9.18. The monoisotopic (exact) mass is 371 g/mol. The van der Waals surface area contributed by atoms with E-state index in [9.17, 15) is 4.79 Å². The summed E-state index contributed by atoms with van der Waals surface area (Å²) in [7, 11) is 0. The Morgan fingerprint density at radius 3 is 2.43 bits per heavy atom. The Kier molecular flexibility index (Phi) is 5.06. The second kappa shape index (κ2) is 7.96. The molecule has 4 rings (SSSR count). The number of anilines is 1. The van der Waals surface area contributed by atoms with Crippen molar-refractivity contribution in [2.24, 2.45) is 0 Å². The van der Waals surface area contributed by atoms with E-state index in [4.69, 9.17) is 10.5 Å². The Hall–Kier alpha value is -3.60. The third-order valence-electron chi connectivity index (χ3n) is 4.80. The number of aromatic nitrogens is 1. The number of carbonyl (C=O) groups excluding carboxylic acids is 1. The van der Waals surface area contributed by atoms with Crippen LogP contribution >= 0.6 is 0 Å². The minimum Gasteiger partial charge on any atom is -0.449 e. The van der Waals surface area contributed by atoms with E-state index in [1.807, 2.05) is 42.5 Å². The van der Waals surface area contributed by atoms with Crippen molar-refractivity contribution in [3.8, 4) is 11.1 Å². The van der Waals surface area contributed by atoms with Crippen molar-refractivity contribution in [3.63, 3.8) is 0 Å². The number of hydrogen-bond donors (Lipinski definition) is 2. The number of nitrogens with zero attached hydrogens (tertiary/aromatic N) is 1. The first-order chi connectivity index (χ1) is 13.7. The molecule has 1 amide bonds. The van der Waals surface area contributed by atoms with E-state index in [0.717, 1.165) is 5.56 Å². The summed E-state index contributed by atoms with van der Waals surface area (Å²) in [4.78, 5) is 16.1. The lowest BCUT2D eigenvalue weighted by molar-refractivity contribution is 0.144. The lowest BCUT2D eigenvalue weighted by Gasteiger charge is -2.14. The van der Waals surface area contributed by atoms with Crippen LogP contribution < -0.4 is 11.1 Å². The Labute approximate surface area is 163 Å². The molecule has 0 fully saturated rings. The van der Waals surface area contributed by atoms with Crippen LogP contribution in [0, 0.1) is 0 Å². The maximum absolute atomic E-state index is 12.1. The predicted molar refractivity (Wildman–Crippen MR) is 111 cm³/mol. The molecular weight excluding hydrogens is 350 g/mol. The number of carbonyl (C=O) groups is 1. The second-order valence-electron chi connectivity index (χ2n) is 6.66. The lowest BCUT2D eigenvalue weighted by Crippen LogP contribution is -2.26. The van der Waals surface area contributed by atoms with Crippen LogP contribution in [0.25, 0.3) is 17.2 Å². The highest BCUT2D eigenvalue weighted by Crippen LogP contribution is 2.44. The smallest absolute Gasteiger partial charge is 0.407 e. The molecule has 0 unspecified atom stereocenters. The maximum atomic E-state index is 12.1. The molecular formula is C23H21N3O2. The van der Waals surface area contributed by atoms with E-state index >= 15 is 0 Å². The van der Waals surface area contributed by atoms with E-state index in [1.54, 1.807) is 12.4 Å². The summed E-state index contributed by atoms with van der Waals surface area (Å²) < 4.78 is 5.49. The molecule has 0 aliphatic heterocycles. The normalized spacial score (nSPS) is 12.6. The average molecular weight is 371 g/mol. The van der Waals surface area contributed by atoms with Crippen LogP contribution in [0.5, 0.6) is 0 Å². The van der Waals surface area contributed by atoms with E-state index < -0.39 is 6.09 Å². The lowest BCUT2D eigenvalue weighted by atomic mass is 9.98. The number of fused-ring (bicyclic) bond motifs is 3. The van der Waals surface area contributed by atoms with Gasteiger partial charge in [-0.3, -0.25) is 4.98 Å². The van der Waals surface area contributed by atoms with Gasteiger partial charge in [-0.2, -0.15) is 0 Å². The second-order valence-corrected chi connectivity index (χ2v) is 6.66. The number of nitrogens with two attached hydrogens (primary N) is 1. The summed E-state index contributed by atoms with van der Waals surface area (Å²) in [5, 5.41) is 2.74. The molecule has 1 aliphatic rings. The number of alkyl carbamates (subject to hydrolysis) is 1. The summed E-state index contributed by atoms with van der Waals surface area (Å²) in [6.45, 7) is 0.675. The van der Waals surface area contributed by atoms with Gasteiger partial charge in [-0.05, 0) is 33.9 Å². The fourth-order valence-corrected chi connectivity index (χ4v) is 3.55. The molecule has 0 saturated heterocycles. The average Bonchev–Trinajstić information content (AvgIpc) is 3.04. The Morgan fingerprint density at radius 1 is 1.07 bits per heavy atom. The van der Waals surface area contributed by atoms with E-state index in [0.29, 0.717) is 18.8 Å². The van der Waals surface area contributed by atoms with Crippen LogP contribution in [-0.2, 0) is 4.74 Å². The fourth-order valence-electron chi connectivity index (χ4n) is 3.55. The molecule has 0 spiro atoms. The van der Waals surface area contributed by atoms with Gasteiger partial charge in [0.1, 0.15) is 6.61 Å². The molecule has 5 heteroatoms. The Balaban J connectivity index is 1.34. The topological polar surface area (TPSA) is 77.2 Å². The molecule has 0 saturated carbocycles. The Morgan fingerprint density at radius 2 is 1.75 bits per heavy atom. The molecule has 5 nitrogen and oxygen atoms in total. The quantitative estimate of drug-likeness (QED) is 0.704. The first kappa shape index (κ1) is 17.8. The summed E-state index contributed by atoms with van der Waals surface area (Å²) >= 11 is 0. The summed E-state index contributed by atoms with van der Waals surface area (Å²) in [5.41, 5.74) is 12.0. The number of hydrogen-bond acceptors (Lipinski definition) is 4. The standard InChI is InChI=1S/C23H21N3O2/c24-17-12-16(13-25-14-17)6-5-11-26-23(27)28-15-22-20-9-3-1-7-18(20)19-8-2-4-10-21(19)22/h1-10,12-14,22H,11,15,24H2,(H,26,27). The van der Waals surface area contributed by atoms with Crippen LogP contribution in [0.15, 0.2) is 73.1 Å². The van der Waals surface area contributed by atoms with Gasteiger partial charge in [0.2, 0.25) is 0 Å². The van der Waals surface area contributed by atoms with Crippen LogP contribution in [0.1, 0.15) is 22.6 Å². The van der Waals surface area contributed by atoms with Gasteiger partial charge < -0.3 is 15.8 Å². The molecule has 1 aliphatic carbocycles. The zero-order valence-electron chi connectivity index (χ0n) is 15.3. The van der Waals surface area contributed by atoms with Crippen LogP contribution in [0.4, 0.5) is 10.5 Å². The summed E-state index contributed by atoms with van der Waals surface area (Å²) in [5.74, 6) is 0.0621. The number of amides is 1. The van der Waals surface area contributed by atoms with Gasteiger partial charge in [-0.25, -0.2) is 4.79 Å². The van der Waals surface area contributed by atoms with Gasteiger partial charge in [0, 0.05) is 24.9 Å². The molecule has 3 aromatic rings. The molecule has 140 valence electrons. The predicted octanol–water partition coefficient (Wildman–Crippen LogP) is 4.22. The van der Waals surface area contributed by atoms with Crippen molar-refractivity contribution in [3.05, 3.63) is 89.8 Å². The number of benzene rings is 2. The van der Waals surface area contributed by atoms with Gasteiger partial charge in [-0.1, -0.05) is 60.7 Å². The number of pyridine rings is 1. The zero-order chi connectivity index (χ0) is 19.3. The van der Waals surface area contributed by atoms with Crippen molar-refractivity contribution in [1.82, 2.24) is 10.3 Å². The van der Waals surface area contributed by atoms with Crippen molar-refractivity contribution in [1.29, 1.82) is 0 Å². The van der Waals surface area contributed by atoms with Gasteiger partial charge in [0.15, 0.2) is 0 Å². The van der Waals surface area contributed by atoms with E-state index in [2.05, 4.69) is 34.6 Å². The molecule has 28 heavy (non-hydrogen) atoms. The zero-order valence-corrected chi connectivity index (χ0v) is 15.3. The summed E-state index contributed by atoms with van der Waals surface area (Å²) in [6, 6.07) is 18.4. The SMILES string of the molecule is Nc1cncc(C=CCNC(=O)OCC2c3ccccc3-c3ccccc32)c1. The van der Waals surface area contributed by atoms with Gasteiger partial charge in [0.05, 0.1) is 5.69 Å². The third-order valence-corrected chi connectivity index (χ3v) is 4.80. The van der Waals surface area contributed by atoms with Crippen molar-refractivity contribution >= 4 is 17.9 Å². The highest BCUT2D eigenvalue weighted by molar-refractivity contribution is 5.79. The molecule has 0 bridgehead atoms. The molecule has 1 aromatic heterocycles. The number of ether oxygens (including phenoxy) is 1. The fraction of sp³-hybridized carbons (Fsp3) is 0.130. The minimum atomic E-state index is -0.433. The Bertz CT molecular complexity index is 984. The third kappa shape index (κ3) is 3.74. The number of nitrogen functional groups attached to an aromatic ring is 1. The molecule has 0 radical (unpaired) electrons. The molecule has 3 N–H and O–H groups in total.